The van der Waals surface area contributed by atoms with Crippen LogP contribution in [0.5, 0.6) is 0 Å². The van der Waals surface area contributed by atoms with Crippen LogP contribution in [-0.2, 0) is 6.42 Å². The molecule has 1 aliphatic rings. The molecule has 112 valence electrons. The smallest absolute Gasteiger partial charge is 0.116 e. The lowest BCUT2D eigenvalue weighted by molar-refractivity contribution is 0.343. The Morgan fingerprint density at radius 1 is 1.09 bits per heavy atom. The third kappa shape index (κ3) is 2.89. The standard InChI is InChI=1S/C18H19N3S/c1-2-9-21(8-1)10-7-14-3-5-15(6-4-14)17-11-16-18(22-17)12-19-13-20-16/h3-6,11-13H,1-2,7-10H2. The maximum absolute atomic E-state index is 4.31. The molecular formula is C18H19N3S. The van der Waals surface area contributed by atoms with Crippen LogP contribution in [0, 0.1) is 0 Å². The molecule has 0 saturated carbocycles. The Morgan fingerprint density at radius 3 is 2.68 bits per heavy atom. The quantitative estimate of drug-likeness (QED) is 0.729. The van der Waals surface area contributed by atoms with Gasteiger partial charge >= 0.3 is 0 Å². The average Bonchev–Trinajstić information content (AvgIpc) is 3.22. The van der Waals surface area contributed by atoms with Crippen LogP contribution in [-0.4, -0.2) is 34.5 Å². The number of fused-ring (bicyclic) bond motifs is 1. The summed E-state index contributed by atoms with van der Waals surface area (Å²) in [4.78, 5) is 12.2. The predicted molar refractivity (Wildman–Crippen MR) is 92.2 cm³/mol. The third-order valence-electron chi connectivity index (χ3n) is 4.35. The summed E-state index contributed by atoms with van der Waals surface area (Å²) in [6.45, 7) is 3.75. The van der Waals surface area contributed by atoms with Gasteiger partial charge in [-0.2, -0.15) is 0 Å². The van der Waals surface area contributed by atoms with E-state index in [1.807, 2.05) is 6.20 Å². The van der Waals surface area contributed by atoms with E-state index in [0.717, 1.165) is 16.6 Å². The van der Waals surface area contributed by atoms with E-state index >= 15 is 0 Å². The molecule has 4 heteroatoms. The number of likely N-dealkylation sites (tertiary alicyclic amines) is 1. The highest BCUT2D eigenvalue weighted by Gasteiger charge is 2.11. The molecule has 2 aromatic heterocycles. The Labute approximate surface area is 134 Å². The van der Waals surface area contributed by atoms with Crippen molar-refractivity contribution in [2.24, 2.45) is 0 Å². The van der Waals surface area contributed by atoms with Crippen LogP contribution in [0.25, 0.3) is 20.7 Å². The number of hydrogen-bond donors (Lipinski definition) is 0. The van der Waals surface area contributed by atoms with Crippen molar-refractivity contribution < 1.29 is 0 Å². The first-order valence-corrected chi connectivity index (χ1v) is 8.71. The number of thiophene rings is 1. The Hall–Kier alpha value is -1.78. The van der Waals surface area contributed by atoms with Crippen LogP contribution >= 0.6 is 11.3 Å². The Kier molecular flexibility index (Phi) is 3.87. The highest BCUT2D eigenvalue weighted by molar-refractivity contribution is 7.22. The maximum Gasteiger partial charge on any atom is 0.116 e. The van der Waals surface area contributed by atoms with Crippen molar-refractivity contribution in [3.63, 3.8) is 0 Å². The molecular weight excluding hydrogens is 290 g/mol. The van der Waals surface area contributed by atoms with Crippen molar-refractivity contribution in [3.8, 4) is 10.4 Å². The van der Waals surface area contributed by atoms with Crippen LogP contribution in [0.15, 0.2) is 42.9 Å². The molecule has 0 atom stereocenters. The minimum Gasteiger partial charge on any atom is -0.303 e. The zero-order chi connectivity index (χ0) is 14.8. The van der Waals surface area contributed by atoms with Gasteiger partial charge in [-0.05, 0) is 49.5 Å². The van der Waals surface area contributed by atoms with Gasteiger partial charge < -0.3 is 4.90 Å². The molecule has 3 nitrogen and oxygen atoms in total. The van der Waals surface area contributed by atoms with E-state index < -0.39 is 0 Å². The molecule has 1 aromatic carbocycles. The first kappa shape index (κ1) is 13.9. The van der Waals surface area contributed by atoms with Crippen LogP contribution in [0.1, 0.15) is 18.4 Å². The molecule has 0 bridgehead atoms. The van der Waals surface area contributed by atoms with Crippen LogP contribution in [0.4, 0.5) is 0 Å². The molecule has 3 heterocycles. The number of benzene rings is 1. The normalized spacial score (nSPS) is 15.6. The van der Waals surface area contributed by atoms with Gasteiger partial charge in [-0.25, -0.2) is 9.97 Å². The van der Waals surface area contributed by atoms with Gasteiger partial charge in [0.25, 0.3) is 0 Å². The molecule has 0 amide bonds. The summed E-state index contributed by atoms with van der Waals surface area (Å²) in [7, 11) is 0. The Morgan fingerprint density at radius 2 is 1.91 bits per heavy atom. The van der Waals surface area contributed by atoms with Gasteiger partial charge in [-0.15, -0.1) is 11.3 Å². The topological polar surface area (TPSA) is 29.0 Å². The first-order valence-electron chi connectivity index (χ1n) is 7.90. The fraction of sp³-hybridized carbons (Fsp3) is 0.333. The summed E-state index contributed by atoms with van der Waals surface area (Å²) in [5.74, 6) is 0. The first-order chi connectivity index (χ1) is 10.9. The highest BCUT2D eigenvalue weighted by Crippen LogP contribution is 2.32. The van der Waals surface area contributed by atoms with E-state index in [0.29, 0.717) is 0 Å². The van der Waals surface area contributed by atoms with E-state index in [9.17, 15) is 0 Å². The summed E-state index contributed by atoms with van der Waals surface area (Å²) < 4.78 is 1.15. The minimum absolute atomic E-state index is 1.04. The molecule has 1 saturated heterocycles. The SMILES string of the molecule is c1ncc2sc(-c3ccc(CCN4CCCC4)cc3)cc2n1. The molecule has 0 spiro atoms. The fourth-order valence-corrected chi connectivity index (χ4v) is 4.05. The Bertz CT molecular complexity index is 724. The third-order valence-corrected chi connectivity index (χ3v) is 5.46. The molecule has 0 unspecified atom stereocenters. The van der Waals surface area contributed by atoms with Crippen molar-refractivity contribution >= 4 is 21.6 Å². The summed E-state index contributed by atoms with van der Waals surface area (Å²) >= 11 is 1.76. The zero-order valence-electron chi connectivity index (χ0n) is 12.5. The van der Waals surface area contributed by atoms with Crippen molar-refractivity contribution in [3.05, 3.63) is 48.4 Å². The van der Waals surface area contributed by atoms with E-state index in [2.05, 4.69) is 45.2 Å². The van der Waals surface area contributed by atoms with Crippen molar-refractivity contribution in [1.29, 1.82) is 0 Å². The van der Waals surface area contributed by atoms with Gasteiger partial charge in [0.15, 0.2) is 0 Å². The van der Waals surface area contributed by atoms with Crippen LogP contribution in [0.3, 0.4) is 0 Å². The number of nitrogens with zero attached hydrogens (tertiary/aromatic N) is 3. The monoisotopic (exact) mass is 309 g/mol. The summed E-state index contributed by atoms with van der Waals surface area (Å²) in [5.41, 5.74) is 3.73. The summed E-state index contributed by atoms with van der Waals surface area (Å²) in [6, 6.07) is 11.2. The van der Waals surface area contributed by atoms with Crippen LogP contribution < -0.4 is 0 Å². The van der Waals surface area contributed by atoms with E-state index in [1.165, 1.54) is 48.5 Å². The number of aromatic nitrogens is 2. The van der Waals surface area contributed by atoms with E-state index in [1.54, 1.807) is 17.7 Å². The highest BCUT2D eigenvalue weighted by atomic mass is 32.1. The maximum atomic E-state index is 4.31. The molecule has 0 N–H and O–H groups in total. The van der Waals surface area contributed by atoms with Gasteiger partial charge in [-0.3, -0.25) is 0 Å². The van der Waals surface area contributed by atoms with Gasteiger partial charge in [0, 0.05) is 17.6 Å². The lowest BCUT2D eigenvalue weighted by Gasteiger charge is -2.14. The van der Waals surface area contributed by atoms with Gasteiger partial charge in [-0.1, -0.05) is 24.3 Å². The predicted octanol–water partition coefficient (Wildman–Crippen LogP) is 4.00. The zero-order valence-corrected chi connectivity index (χ0v) is 13.4. The number of hydrogen-bond acceptors (Lipinski definition) is 4. The minimum atomic E-state index is 1.04. The van der Waals surface area contributed by atoms with E-state index in [-0.39, 0.29) is 0 Å². The fourth-order valence-electron chi connectivity index (χ4n) is 3.06. The largest absolute Gasteiger partial charge is 0.303 e. The second kappa shape index (κ2) is 6.15. The lowest BCUT2D eigenvalue weighted by Crippen LogP contribution is -2.21. The van der Waals surface area contributed by atoms with Gasteiger partial charge in [0.05, 0.1) is 10.2 Å². The van der Waals surface area contributed by atoms with Gasteiger partial charge in [0.1, 0.15) is 6.33 Å². The molecule has 0 aliphatic carbocycles. The molecule has 1 aliphatic heterocycles. The second-order valence-electron chi connectivity index (χ2n) is 5.88. The van der Waals surface area contributed by atoms with Gasteiger partial charge in [0.2, 0.25) is 0 Å². The van der Waals surface area contributed by atoms with Crippen molar-refractivity contribution in [1.82, 2.24) is 14.9 Å². The number of rotatable bonds is 4. The molecule has 1 fully saturated rings. The summed E-state index contributed by atoms with van der Waals surface area (Å²) in [6.07, 6.45) is 7.39. The second-order valence-corrected chi connectivity index (χ2v) is 6.96. The molecule has 3 aromatic rings. The molecule has 22 heavy (non-hydrogen) atoms. The van der Waals surface area contributed by atoms with E-state index in [4.69, 9.17) is 0 Å². The van der Waals surface area contributed by atoms with Crippen LogP contribution in [0.2, 0.25) is 0 Å². The summed E-state index contributed by atoms with van der Waals surface area (Å²) in [5, 5.41) is 0. The average molecular weight is 309 g/mol. The van der Waals surface area contributed by atoms with Crippen molar-refractivity contribution in [2.45, 2.75) is 19.3 Å². The van der Waals surface area contributed by atoms with Crippen molar-refractivity contribution in [2.75, 3.05) is 19.6 Å². The lowest BCUT2D eigenvalue weighted by atomic mass is 10.1. The molecule has 0 radical (unpaired) electrons. The Balaban J connectivity index is 1.48. The molecule has 4 rings (SSSR count).